The zero-order chi connectivity index (χ0) is 16.4. The summed E-state index contributed by atoms with van der Waals surface area (Å²) in [5.41, 5.74) is 3.76. The highest BCUT2D eigenvalue weighted by Gasteiger charge is 2.22. The maximum absolute atomic E-state index is 12.1. The lowest BCUT2D eigenvalue weighted by Gasteiger charge is -2.21. The number of nitrogens with one attached hydrogen (secondary N) is 2. The molecule has 1 rings (SSSR count). The molecule has 0 heterocycles. The van der Waals surface area contributed by atoms with E-state index in [4.69, 9.17) is 9.57 Å². The third kappa shape index (κ3) is 6.69. The van der Waals surface area contributed by atoms with Crippen LogP contribution in [0.2, 0.25) is 0 Å². The molecule has 1 unspecified atom stereocenters. The number of carbonyl (C=O) groups excluding carboxylic acids is 2. The molecule has 2 N–H and O–H groups in total. The second-order valence-electron chi connectivity index (χ2n) is 5.14. The second kappa shape index (κ2) is 9.92. The smallest absolute Gasteiger partial charge is 0.325 e. The first kappa shape index (κ1) is 18.1. The zero-order valence-electron chi connectivity index (χ0n) is 13.3. The highest BCUT2D eigenvalue weighted by molar-refractivity contribution is 5.85. The summed E-state index contributed by atoms with van der Waals surface area (Å²) in [6.07, 6.45) is 0. The van der Waals surface area contributed by atoms with Crippen LogP contribution in [-0.4, -0.2) is 31.1 Å². The van der Waals surface area contributed by atoms with Gasteiger partial charge in [-0.25, -0.2) is 0 Å². The molecule has 0 bridgehead atoms. The van der Waals surface area contributed by atoms with Gasteiger partial charge >= 0.3 is 5.97 Å². The molecular formula is C16H24N2O4. The van der Waals surface area contributed by atoms with Crippen molar-refractivity contribution in [2.75, 3.05) is 13.2 Å². The van der Waals surface area contributed by atoms with E-state index in [9.17, 15) is 9.59 Å². The van der Waals surface area contributed by atoms with Crippen LogP contribution in [0.4, 0.5) is 0 Å². The molecule has 6 heteroatoms. The van der Waals surface area contributed by atoms with Crippen molar-refractivity contribution in [3.8, 4) is 0 Å². The molecule has 1 aromatic rings. The van der Waals surface area contributed by atoms with Gasteiger partial charge in [0.15, 0.2) is 0 Å². The Balaban J connectivity index is 2.40. The Labute approximate surface area is 131 Å². The van der Waals surface area contributed by atoms with Gasteiger partial charge < -0.3 is 10.1 Å². The lowest BCUT2D eigenvalue weighted by Crippen LogP contribution is -2.48. The zero-order valence-corrected chi connectivity index (χ0v) is 13.3. The van der Waals surface area contributed by atoms with E-state index in [2.05, 4.69) is 10.8 Å². The first-order chi connectivity index (χ1) is 10.5. The van der Waals surface area contributed by atoms with Crippen molar-refractivity contribution in [3.63, 3.8) is 0 Å². The normalized spacial score (nSPS) is 12.0. The van der Waals surface area contributed by atoms with E-state index in [1.165, 1.54) is 0 Å². The van der Waals surface area contributed by atoms with Crippen LogP contribution >= 0.6 is 0 Å². The topological polar surface area (TPSA) is 76.7 Å². The minimum absolute atomic E-state index is 0.0120. The molecule has 1 atom stereocenters. The molecule has 0 aliphatic carbocycles. The Hall–Kier alpha value is -1.92. The molecule has 0 aliphatic rings. The maximum Gasteiger partial charge on any atom is 0.325 e. The molecule has 0 radical (unpaired) electrons. The second-order valence-corrected chi connectivity index (χ2v) is 5.14. The van der Waals surface area contributed by atoms with Gasteiger partial charge in [-0.15, -0.1) is 0 Å². The summed E-state index contributed by atoms with van der Waals surface area (Å²) >= 11 is 0. The number of ether oxygens (including phenoxy) is 1. The Morgan fingerprint density at radius 2 is 1.86 bits per heavy atom. The molecule has 0 saturated carbocycles. The van der Waals surface area contributed by atoms with Gasteiger partial charge in [0.2, 0.25) is 5.91 Å². The molecule has 22 heavy (non-hydrogen) atoms. The molecule has 0 fully saturated rings. The minimum atomic E-state index is -0.543. The van der Waals surface area contributed by atoms with E-state index in [1.54, 1.807) is 6.92 Å². The first-order valence-electron chi connectivity index (χ1n) is 7.39. The summed E-state index contributed by atoms with van der Waals surface area (Å²) < 4.78 is 4.77. The number of amides is 1. The van der Waals surface area contributed by atoms with Crippen LogP contribution in [-0.2, 0) is 25.8 Å². The number of rotatable bonds is 9. The minimum Gasteiger partial charge on any atom is -0.465 e. The number of carbonyl (C=O) groups is 2. The molecule has 0 aliphatic heterocycles. The number of hydrogen-bond acceptors (Lipinski definition) is 5. The van der Waals surface area contributed by atoms with Crippen molar-refractivity contribution >= 4 is 11.9 Å². The van der Waals surface area contributed by atoms with Gasteiger partial charge in [-0.1, -0.05) is 44.2 Å². The Morgan fingerprint density at radius 1 is 1.18 bits per heavy atom. The predicted molar refractivity (Wildman–Crippen MR) is 82.6 cm³/mol. The first-order valence-corrected chi connectivity index (χ1v) is 7.39. The monoisotopic (exact) mass is 308 g/mol. The van der Waals surface area contributed by atoms with Crippen molar-refractivity contribution in [1.82, 2.24) is 10.8 Å². The third-order valence-electron chi connectivity index (χ3n) is 2.95. The van der Waals surface area contributed by atoms with E-state index in [0.717, 1.165) is 5.56 Å². The van der Waals surface area contributed by atoms with E-state index < -0.39 is 12.0 Å². The lowest BCUT2D eigenvalue weighted by atomic mass is 10.0. The van der Waals surface area contributed by atoms with Crippen LogP contribution in [0.5, 0.6) is 0 Å². The SMILES string of the molecule is CCOC(=O)CNC(=O)C(NOCc1ccccc1)C(C)C. The van der Waals surface area contributed by atoms with Crippen LogP contribution in [0.25, 0.3) is 0 Å². The van der Waals surface area contributed by atoms with E-state index in [-0.39, 0.29) is 18.4 Å². The number of hydroxylamine groups is 1. The van der Waals surface area contributed by atoms with Crippen molar-refractivity contribution < 1.29 is 19.2 Å². The predicted octanol–water partition coefficient (Wildman–Crippen LogP) is 1.41. The van der Waals surface area contributed by atoms with Crippen molar-refractivity contribution in [3.05, 3.63) is 35.9 Å². The molecule has 6 nitrogen and oxygen atoms in total. The van der Waals surface area contributed by atoms with Crippen LogP contribution in [0.1, 0.15) is 26.3 Å². The van der Waals surface area contributed by atoms with Gasteiger partial charge in [0, 0.05) is 0 Å². The third-order valence-corrected chi connectivity index (χ3v) is 2.95. The van der Waals surface area contributed by atoms with Gasteiger partial charge in [-0.3, -0.25) is 14.4 Å². The van der Waals surface area contributed by atoms with Gasteiger partial charge in [0.25, 0.3) is 0 Å². The van der Waals surface area contributed by atoms with E-state index in [1.807, 2.05) is 44.2 Å². The van der Waals surface area contributed by atoms with Gasteiger partial charge in [0.05, 0.1) is 13.2 Å². The highest BCUT2D eigenvalue weighted by Crippen LogP contribution is 2.04. The van der Waals surface area contributed by atoms with Gasteiger partial charge in [-0.2, -0.15) is 5.48 Å². The van der Waals surface area contributed by atoms with Crippen molar-refractivity contribution in [1.29, 1.82) is 0 Å². The largest absolute Gasteiger partial charge is 0.465 e. The molecule has 1 amide bonds. The average molecular weight is 308 g/mol. The Kier molecular flexibility index (Phi) is 8.17. The van der Waals surface area contributed by atoms with Crippen molar-refractivity contribution in [2.45, 2.75) is 33.4 Å². The summed E-state index contributed by atoms with van der Waals surface area (Å²) in [6.45, 7) is 6.02. The summed E-state index contributed by atoms with van der Waals surface area (Å²) in [7, 11) is 0. The fourth-order valence-corrected chi connectivity index (χ4v) is 1.76. The Morgan fingerprint density at radius 3 is 2.45 bits per heavy atom. The van der Waals surface area contributed by atoms with Crippen LogP contribution in [0.15, 0.2) is 30.3 Å². The van der Waals surface area contributed by atoms with Crippen molar-refractivity contribution in [2.24, 2.45) is 5.92 Å². The number of esters is 1. The fourth-order valence-electron chi connectivity index (χ4n) is 1.76. The molecule has 122 valence electrons. The Bertz CT molecular complexity index is 462. The maximum atomic E-state index is 12.1. The van der Waals surface area contributed by atoms with Crippen LogP contribution in [0.3, 0.4) is 0 Å². The highest BCUT2D eigenvalue weighted by atomic mass is 16.6. The quantitative estimate of drug-likeness (QED) is 0.533. The van der Waals surface area contributed by atoms with E-state index in [0.29, 0.717) is 13.2 Å². The summed E-state index contributed by atoms with van der Waals surface area (Å²) in [4.78, 5) is 28.7. The summed E-state index contributed by atoms with van der Waals surface area (Å²) in [5, 5.41) is 2.54. The van der Waals surface area contributed by atoms with Crippen LogP contribution < -0.4 is 10.8 Å². The fraction of sp³-hybridized carbons (Fsp3) is 0.500. The molecule has 0 aromatic heterocycles. The number of hydrogen-bond donors (Lipinski definition) is 2. The summed E-state index contributed by atoms with van der Waals surface area (Å²) in [5.74, 6) is -0.738. The molecule has 1 aromatic carbocycles. The van der Waals surface area contributed by atoms with Gasteiger partial charge in [0.1, 0.15) is 12.6 Å². The summed E-state index contributed by atoms with van der Waals surface area (Å²) in [6, 6.07) is 9.10. The molecule has 0 saturated heterocycles. The molecular weight excluding hydrogens is 284 g/mol. The van der Waals surface area contributed by atoms with E-state index >= 15 is 0 Å². The number of benzene rings is 1. The molecule has 0 spiro atoms. The standard InChI is InChI=1S/C16H24N2O4/c1-4-21-14(19)10-17-16(20)15(12(2)3)18-22-11-13-8-6-5-7-9-13/h5-9,12,15,18H,4,10-11H2,1-3H3,(H,17,20). The average Bonchev–Trinajstić information content (AvgIpc) is 2.50. The van der Waals surface area contributed by atoms with Gasteiger partial charge in [-0.05, 0) is 18.4 Å². The van der Waals surface area contributed by atoms with Crippen LogP contribution in [0, 0.1) is 5.92 Å². The lowest BCUT2D eigenvalue weighted by molar-refractivity contribution is -0.144.